The van der Waals surface area contributed by atoms with Crippen LogP contribution in [0, 0.1) is 0 Å². The molecule has 3 aromatic rings. The molecule has 0 aliphatic rings. The number of hydrogen-bond donors (Lipinski definition) is 0. The van der Waals surface area contributed by atoms with E-state index in [4.69, 9.17) is 4.74 Å². The molecular weight excluding hydrogens is 524 g/mol. The number of rotatable bonds is 9. The van der Waals surface area contributed by atoms with Gasteiger partial charge in [0.1, 0.15) is 0 Å². The zero-order valence-corrected chi connectivity index (χ0v) is 21.2. The van der Waals surface area contributed by atoms with Crippen molar-refractivity contribution in [2.75, 3.05) is 13.7 Å². The number of halogens is 6. The minimum Gasteiger partial charge on any atom is -0.466 e. The molecule has 1 atom stereocenters. The van der Waals surface area contributed by atoms with Crippen LogP contribution < -0.4 is 0 Å². The average Bonchev–Trinajstić information content (AvgIpc) is 2.90. The highest BCUT2D eigenvalue weighted by molar-refractivity contribution is 5.95. The monoisotopic (exact) mass is 551 g/mol. The smallest absolute Gasteiger partial charge is 0.416 e. The second-order valence-corrected chi connectivity index (χ2v) is 8.92. The largest absolute Gasteiger partial charge is 0.466 e. The summed E-state index contributed by atoms with van der Waals surface area (Å²) in [5.74, 6) is -2.14. The Morgan fingerprint density at radius 2 is 1.26 bits per heavy atom. The van der Waals surface area contributed by atoms with Gasteiger partial charge >= 0.3 is 18.3 Å². The number of carbonyl (C=O) groups is 2. The quantitative estimate of drug-likeness (QED) is 0.207. The minimum atomic E-state index is -5.10. The molecule has 39 heavy (non-hydrogen) atoms. The molecular formula is C29H27F6NO3. The average molecular weight is 552 g/mol. The third-order valence-electron chi connectivity index (χ3n) is 6.30. The Kier molecular flexibility index (Phi) is 9.42. The Morgan fingerprint density at radius 1 is 0.795 bits per heavy atom. The molecule has 0 N–H and O–H groups in total. The number of amides is 1. The summed E-state index contributed by atoms with van der Waals surface area (Å²) >= 11 is 0. The van der Waals surface area contributed by atoms with Crippen molar-refractivity contribution in [3.05, 3.63) is 107 Å². The number of alkyl halides is 6. The fourth-order valence-corrected chi connectivity index (χ4v) is 4.47. The maximum absolute atomic E-state index is 13.6. The van der Waals surface area contributed by atoms with Crippen molar-refractivity contribution in [1.82, 2.24) is 4.90 Å². The van der Waals surface area contributed by atoms with Gasteiger partial charge in [-0.2, -0.15) is 26.3 Å². The third kappa shape index (κ3) is 7.61. The molecule has 0 bridgehead atoms. The van der Waals surface area contributed by atoms with E-state index >= 15 is 0 Å². The van der Waals surface area contributed by atoms with Crippen LogP contribution in [0.5, 0.6) is 0 Å². The molecule has 0 spiro atoms. The molecule has 0 aromatic heterocycles. The van der Waals surface area contributed by atoms with Gasteiger partial charge in [0, 0.05) is 31.0 Å². The van der Waals surface area contributed by atoms with Gasteiger partial charge in [0.05, 0.1) is 17.7 Å². The molecule has 3 rings (SSSR count). The van der Waals surface area contributed by atoms with Gasteiger partial charge < -0.3 is 9.64 Å². The normalized spacial score (nSPS) is 12.7. The van der Waals surface area contributed by atoms with Gasteiger partial charge in [0.15, 0.2) is 0 Å². The highest BCUT2D eigenvalue weighted by Crippen LogP contribution is 2.38. The Bertz CT molecular complexity index is 1190. The van der Waals surface area contributed by atoms with Crippen LogP contribution in [-0.2, 0) is 21.9 Å². The van der Waals surface area contributed by atoms with Gasteiger partial charge in [-0.1, -0.05) is 60.7 Å². The third-order valence-corrected chi connectivity index (χ3v) is 6.30. The molecule has 0 saturated carbocycles. The Balaban J connectivity index is 2.12. The molecule has 1 unspecified atom stereocenters. The Morgan fingerprint density at radius 3 is 1.67 bits per heavy atom. The molecule has 1 amide bonds. The first-order chi connectivity index (χ1) is 18.3. The van der Waals surface area contributed by atoms with Crippen molar-refractivity contribution in [1.29, 1.82) is 0 Å². The lowest BCUT2D eigenvalue weighted by Gasteiger charge is -2.36. The maximum atomic E-state index is 13.6. The first kappa shape index (κ1) is 29.7. The summed E-state index contributed by atoms with van der Waals surface area (Å²) in [6, 6.07) is 17.9. The van der Waals surface area contributed by atoms with Gasteiger partial charge in [-0.15, -0.1) is 0 Å². The molecule has 4 nitrogen and oxygen atoms in total. The summed E-state index contributed by atoms with van der Waals surface area (Å²) in [5, 5.41) is 0. The highest BCUT2D eigenvalue weighted by atomic mass is 19.4. The summed E-state index contributed by atoms with van der Waals surface area (Å²) in [4.78, 5) is 26.9. The fraction of sp³-hybridized carbons (Fsp3) is 0.310. The van der Waals surface area contributed by atoms with Crippen LogP contribution in [0.3, 0.4) is 0 Å². The second kappa shape index (κ2) is 12.4. The molecule has 208 valence electrons. The van der Waals surface area contributed by atoms with E-state index < -0.39 is 52.9 Å². The van der Waals surface area contributed by atoms with Gasteiger partial charge in [-0.05, 0) is 42.7 Å². The predicted molar refractivity (Wildman–Crippen MR) is 133 cm³/mol. The van der Waals surface area contributed by atoms with E-state index in [1.807, 2.05) is 0 Å². The zero-order valence-electron chi connectivity index (χ0n) is 21.2. The van der Waals surface area contributed by atoms with E-state index in [0.29, 0.717) is 12.1 Å². The standard InChI is InChI=1S/C29H27F6NO3/c1-3-39-25(37)15-14-24(26(19-10-6-4-7-11-19)20-12-8-5-9-13-20)36(2)27(38)21-16-22(28(30,31)32)18-23(17-21)29(33,34)35/h4-13,16-18,24,26H,3,14-15H2,1-2H3. The van der Waals surface area contributed by atoms with E-state index in [9.17, 15) is 35.9 Å². The second-order valence-electron chi connectivity index (χ2n) is 8.92. The van der Waals surface area contributed by atoms with Crippen LogP contribution >= 0.6 is 0 Å². The number of ether oxygens (including phenoxy) is 1. The van der Waals surface area contributed by atoms with Crippen molar-refractivity contribution >= 4 is 11.9 Å². The Labute approximate surface area is 222 Å². The summed E-state index contributed by atoms with van der Waals surface area (Å²) in [6.45, 7) is 1.76. The lowest BCUT2D eigenvalue weighted by atomic mass is 9.82. The van der Waals surface area contributed by atoms with Crippen molar-refractivity contribution in [3.8, 4) is 0 Å². The first-order valence-electron chi connectivity index (χ1n) is 12.1. The van der Waals surface area contributed by atoms with Gasteiger partial charge in [0.25, 0.3) is 5.91 Å². The van der Waals surface area contributed by atoms with Crippen molar-refractivity contribution in [2.45, 2.75) is 44.1 Å². The minimum absolute atomic E-state index is 0.0221. The van der Waals surface area contributed by atoms with Gasteiger partial charge in [-0.3, -0.25) is 9.59 Å². The Hall–Kier alpha value is -3.82. The summed E-state index contributed by atoms with van der Waals surface area (Å²) in [6.07, 6.45) is -10.3. The number of benzene rings is 3. The molecule has 0 heterocycles. The molecule has 0 aliphatic heterocycles. The molecule has 0 saturated heterocycles. The molecule has 0 fully saturated rings. The predicted octanol–water partition coefficient (Wildman–Crippen LogP) is 7.34. The van der Waals surface area contributed by atoms with Gasteiger partial charge in [-0.25, -0.2) is 0 Å². The molecule has 10 heteroatoms. The van der Waals surface area contributed by atoms with E-state index in [1.165, 1.54) is 7.05 Å². The van der Waals surface area contributed by atoms with E-state index in [1.54, 1.807) is 67.6 Å². The molecule has 0 aliphatic carbocycles. The van der Waals surface area contributed by atoms with Crippen molar-refractivity contribution in [3.63, 3.8) is 0 Å². The molecule has 3 aromatic carbocycles. The van der Waals surface area contributed by atoms with Crippen molar-refractivity contribution in [2.24, 2.45) is 0 Å². The van der Waals surface area contributed by atoms with Crippen molar-refractivity contribution < 1.29 is 40.7 Å². The summed E-state index contributed by atoms with van der Waals surface area (Å²) in [5.41, 5.74) is -2.44. The van der Waals surface area contributed by atoms with Gasteiger partial charge in [0.2, 0.25) is 0 Å². The van der Waals surface area contributed by atoms with Crippen LogP contribution in [0.4, 0.5) is 26.3 Å². The fourth-order valence-electron chi connectivity index (χ4n) is 4.47. The SMILES string of the molecule is CCOC(=O)CCC(C(c1ccccc1)c1ccccc1)N(C)C(=O)c1cc(C(F)(F)F)cc(C(F)(F)F)c1. The van der Waals surface area contributed by atoms with E-state index in [2.05, 4.69) is 0 Å². The highest BCUT2D eigenvalue weighted by Gasteiger charge is 2.39. The number of hydrogen-bond acceptors (Lipinski definition) is 3. The van der Waals surface area contributed by atoms with Crippen LogP contribution in [-0.4, -0.2) is 36.5 Å². The molecule has 0 radical (unpaired) electrons. The topological polar surface area (TPSA) is 46.6 Å². The lowest BCUT2D eigenvalue weighted by Crippen LogP contribution is -2.42. The van der Waals surface area contributed by atoms with Crippen LogP contribution in [0.25, 0.3) is 0 Å². The van der Waals surface area contributed by atoms with E-state index in [0.717, 1.165) is 16.0 Å². The van der Waals surface area contributed by atoms with Crippen LogP contribution in [0.1, 0.15) is 58.3 Å². The summed E-state index contributed by atoms with van der Waals surface area (Å²) in [7, 11) is 1.31. The lowest BCUT2D eigenvalue weighted by molar-refractivity contribution is -0.144. The van der Waals surface area contributed by atoms with Crippen LogP contribution in [0.2, 0.25) is 0 Å². The number of likely N-dealkylation sites (N-methyl/N-ethyl adjacent to an activating group) is 1. The maximum Gasteiger partial charge on any atom is 0.416 e. The number of carbonyl (C=O) groups excluding carboxylic acids is 2. The number of nitrogens with zero attached hydrogens (tertiary/aromatic N) is 1. The zero-order chi connectivity index (χ0) is 28.8. The number of esters is 1. The van der Waals surface area contributed by atoms with Crippen LogP contribution in [0.15, 0.2) is 78.9 Å². The first-order valence-corrected chi connectivity index (χ1v) is 12.1. The van der Waals surface area contributed by atoms with E-state index in [-0.39, 0.29) is 25.5 Å². The summed E-state index contributed by atoms with van der Waals surface area (Å²) < 4.78 is 85.8.